The van der Waals surface area contributed by atoms with Crippen molar-refractivity contribution in [1.82, 2.24) is 14.7 Å². The van der Waals surface area contributed by atoms with Gasteiger partial charge in [-0.05, 0) is 55.2 Å². The summed E-state index contributed by atoms with van der Waals surface area (Å²) in [7, 11) is 0. The molecule has 148 valence electrons. The first-order valence-electron chi connectivity index (χ1n) is 10.1. The van der Waals surface area contributed by atoms with E-state index in [1.807, 2.05) is 64.3 Å². The standard InChI is InChI=1S/C23H23N3O3/c27-22(25-12-4-5-13-25)11-9-18-15-26(19-6-2-1-3-7-19)24-23(18)17-8-10-20-21(14-17)29-16-28-20/h1-3,6-8,10,14-15H,4-5,9,11-13,16H2. The zero-order valence-electron chi connectivity index (χ0n) is 16.2. The topological polar surface area (TPSA) is 56.6 Å². The van der Waals surface area contributed by atoms with E-state index in [4.69, 9.17) is 14.6 Å². The zero-order valence-corrected chi connectivity index (χ0v) is 16.2. The first-order valence-corrected chi connectivity index (χ1v) is 10.1. The van der Waals surface area contributed by atoms with Crippen molar-refractivity contribution >= 4 is 5.91 Å². The number of nitrogens with zero attached hydrogens (tertiary/aromatic N) is 3. The monoisotopic (exact) mass is 389 g/mol. The van der Waals surface area contributed by atoms with Crippen molar-refractivity contribution in [2.45, 2.75) is 25.7 Å². The van der Waals surface area contributed by atoms with Gasteiger partial charge in [-0.2, -0.15) is 5.10 Å². The smallest absolute Gasteiger partial charge is 0.231 e. The van der Waals surface area contributed by atoms with E-state index in [1.165, 1.54) is 0 Å². The van der Waals surface area contributed by atoms with E-state index in [0.29, 0.717) is 12.8 Å². The fourth-order valence-corrected chi connectivity index (χ4v) is 3.96. The fourth-order valence-electron chi connectivity index (χ4n) is 3.96. The highest BCUT2D eigenvalue weighted by Crippen LogP contribution is 2.36. The minimum Gasteiger partial charge on any atom is -0.454 e. The maximum atomic E-state index is 12.6. The van der Waals surface area contributed by atoms with Crippen molar-refractivity contribution in [2.24, 2.45) is 0 Å². The predicted molar refractivity (Wildman–Crippen MR) is 109 cm³/mol. The highest BCUT2D eigenvalue weighted by molar-refractivity contribution is 5.77. The second-order valence-corrected chi connectivity index (χ2v) is 7.44. The third-order valence-electron chi connectivity index (χ3n) is 5.52. The Bertz CT molecular complexity index is 1020. The van der Waals surface area contributed by atoms with Crippen molar-refractivity contribution < 1.29 is 14.3 Å². The van der Waals surface area contributed by atoms with Crippen LogP contribution in [-0.2, 0) is 11.2 Å². The van der Waals surface area contributed by atoms with Gasteiger partial charge in [0.2, 0.25) is 12.7 Å². The molecule has 6 heteroatoms. The van der Waals surface area contributed by atoms with Gasteiger partial charge < -0.3 is 14.4 Å². The molecule has 0 N–H and O–H groups in total. The molecule has 3 heterocycles. The summed E-state index contributed by atoms with van der Waals surface area (Å²) in [6.45, 7) is 2.02. The number of likely N-dealkylation sites (tertiary alicyclic amines) is 1. The third-order valence-corrected chi connectivity index (χ3v) is 5.52. The third kappa shape index (κ3) is 3.58. The molecule has 0 radical (unpaired) electrons. The van der Waals surface area contributed by atoms with Gasteiger partial charge in [0.15, 0.2) is 11.5 Å². The Kier molecular flexibility index (Phi) is 4.68. The number of para-hydroxylation sites is 1. The molecule has 2 aliphatic rings. The number of aryl methyl sites for hydroxylation is 1. The van der Waals surface area contributed by atoms with Gasteiger partial charge in [0.25, 0.3) is 0 Å². The van der Waals surface area contributed by atoms with Gasteiger partial charge in [-0.3, -0.25) is 4.79 Å². The number of carbonyl (C=O) groups excluding carboxylic acids is 1. The molecule has 0 bridgehead atoms. The number of fused-ring (bicyclic) bond motifs is 1. The molecule has 1 fully saturated rings. The van der Waals surface area contributed by atoms with E-state index in [2.05, 4.69) is 0 Å². The van der Waals surface area contributed by atoms with Crippen LogP contribution in [0.25, 0.3) is 16.9 Å². The molecule has 0 saturated carbocycles. The molecular weight excluding hydrogens is 366 g/mol. The van der Waals surface area contributed by atoms with Crippen LogP contribution in [0.2, 0.25) is 0 Å². The van der Waals surface area contributed by atoms with E-state index in [1.54, 1.807) is 0 Å². The molecular formula is C23H23N3O3. The average Bonchev–Trinajstić information content (AvgIpc) is 3.52. The Morgan fingerprint density at radius 2 is 1.79 bits per heavy atom. The molecule has 0 unspecified atom stereocenters. The number of carbonyl (C=O) groups is 1. The van der Waals surface area contributed by atoms with E-state index in [0.717, 1.165) is 59.9 Å². The summed E-state index contributed by atoms with van der Waals surface area (Å²) in [5, 5.41) is 4.85. The van der Waals surface area contributed by atoms with E-state index < -0.39 is 0 Å². The lowest BCUT2D eigenvalue weighted by Gasteiger charge is -2.14. The molecule has 2 aromatic carbocycles. The molecule has 5 rings (SSSR count). The highest BCUT2D eigenvalue weighted by Gasteiger charge is 2.21. The van der Waals surface area contributed by atoms with E-state index >= 15 is 0 Å². The molecule has 0 aliphatic carbocycles. The number of hydrogen-bond acceptors (Lipinski definition) is 4. The highest BCUT2D eigenvalue weighted by atomic mass is 16.7. The summed E-state index contributed by atoms with van der Waals surface area (Å²) in [4.78, 5) is 14.5. The van der Waals surface area contributed by atoms with E-state index in [9.17, 15) is 4.79 Å². The summed E-state index contributed by atoms with van der Waals surface area (Å²) >= 11 is 0. The summed E-state index contributed by atoms with van der Waals surface area (Å²) in [6, 6.07) is 15.9. The number of benzene rings is 2. The lowest BCUT2D eigenvalue weighted by Crippen LogP contribution is -2.27. The summed E-state index contributed by atoms with van der Waals surface area (Å²) in [6.07, 6.45) is 5.41. The van der Waals surface area contributed by atoms with Crippen LogP contribution < -0.4 is 9.47 Å². The van der Waals surface area contributed by atoms with Crippen LogP contribution >= 0.6 is 0 Å². The maximum absolute atomic E-state index is 12.6. The maximum Gasteiger partial charge on any atom is 0.231 e. The van der Waals surface area contributed by atoms with Gasteiger partial charge in [0.1, 0.15) is 0 Å². The predicted octanol–water partition coefficient (Wildman–Crippen LogP) is 3.82. The molecule has 1 amide bonds. The summed E-state index contributed by atoms with van der Waals surface area (Å²) in [5.41, 5.74) is 3.89. The molecule has 0 spiro atoms. The first-order chi connectivity index (χ1) is 14.3. The van der Waals surface area contributed by atoms with Crippen molar-refractivity contribution in [3.8, 4) is 28.4 Å². The van der Waals surface area contributed by atoms with Crippen LogP contribution in [0.4, 0.5) is 0 Å². The average molecular weight is 389 g/mol. The van der Waals surface area contributed by atoms with Gasteiger partial charge in [0.05, 0.1) is 11.4 Å². The SMILES string of the molecule is O=C(CCc1cn(-c2ccccc2)nc1-c1ccc2c(c1)OCO2)N1CCCC1. The molecule has 3 aromatic rings. The van der Waals surface area contributed by atoms with Crippen LogP contribution in [0.1, 0.15) is 24.8 Å². The molecule has 0 atom stereocenters. The van der Waals surface area contributed by atoms with Gasteiger partial charge in [-0.25, -0.2) is 4.68 Å². The lowest BCUT2D eigenvalue weighted by molar-refractivity contribution is -0.130. The lowest BCUT2D eigenvalue weighted by atomic mass is 10.0. The largest absolute Gasteiger partial charge is 0.454 e. The Hall–Kier alpha value is -3.28. The van der Waals surface area contributed by atoms with E-state index in [-0.39, 0.29) is 12.7 Å². The Morgan fingerprint density at radius 1 is 1.00 bits per heavy atom. The number of ether oxygens (including phenoxy) is 2. The minimum absolute atomic E-state index is 0.228. The zero-order chi connectivity index (χ0) is 19.6. The quantitative estimate of drug-likeness (QED) is 0.666. The van der Waals surface area contributed by atoms with Crippen molar-refractivity contribution in [3.63, 3.8) is 0 Å². The Morgan fingerprint density at radius 3 is 2.62 bits per heavy atom. The molecule has 29 heavy (non-hydrogen) atoms. The van der Waals surface area contributed by atoms with Gasteiger partial charge in [-0.1, -0.05) is 18.2 Å². The van der Waals surface area contributed by atoms with Crippen LogP contribution in [-0.4, -0.2) is 40.5 Å². The Labute approximate surface area is 169 Å². The molecule has 1 aromatic heterocycles. The van der Waals surface area contributed by atoms with Crippen molar-refractivity contribution in [2.75, 3.05) is 19.9 Å². The van der Waals surface area contributed by atoms with Crippen LogP contribution in [0, 0.1) is 0 Å². The fraction of sp³-hybridized carbons (Fsp3) is 0.304. The number of aromatic nitrogens is 2. The normalized spacial score (nSPS) is 15.1. The minimum atomic E-state index is 0.228. The number of rotatable bonds is 5. The van der Waals surface area contributed by atoms with Crippen LogP contribution in [0.3, 0.4) is 0 Å². The summed E-state index contributed by atoms with van der Waals surface area (Å²) < 4.78 is 12.9. The second kappa shape index (κ2) is 7.62. The number of hydrogen-bond donors (Lipinski definition) is 0. The Balaban J connectivity index is 1.46. The van der Waals surface area contributed by atoms with Gasteiger partial charge >= 0.3 is 0 Å². The van der Waals surface area contributed by atoms with Crippen molar-refractivity contribution in [1.29, 1.82) is 0 Å². The summed E-state index contributed by atoms with van der Waals surface area (Å²) in [5.74, 6) is 1.71. The van der Waals surface area contributed by atoms with Gasteiger partial charge in [0, 0.05) is 31.3 Å². The molecule has 1 saturated heterocycles. The molecule has 6 nitrogen and oxygen atoms in total. The van der Waals surface area contributed by atoms with Crippen molar-refractivity contribution in [3.05, 3.63) is 60.3 Å². The first kappa shape index (κ1) is 17.8. The van der Waals surface area contributed by atoms with Gasteiger partial charge in [-0.15, -0.1) is 0 Å². The molecule has 2 aliphatic heterocycles. The van der Waals surface area contributed by atoms with Crippen LogP contribution in [0.15, 0.2) is 54.7 Å². The van der Waals surface area contributed by atoms with Crippen LogP contribution in [0.5, 0.6) is 11.5 Å². The second-order valence-electron chi connectivity index (χ2n) is 7.44. The number of amides is 1.